The molecule has 0 saturated carbocycles. The smallest absolute Gasteiger partial charge is 0.0303 e. The summed E-state index contributed by atoms with van der Waals surface area (Å²) in [7, 11) is 0. The molecule has 0 bridgehead atoms. The predicted octanol–water partition coefficient (Wildman–Crippen LogP) is 4.55. The van der Waals surface area contributed by atoms with Gasteiger partial charge in [0.2, 0.25) is 0 Å². The lowest BCUT2D eigenvalue weighted by Gasteiger charge is -2.37. The molecule has 0 aromatic rings. The van der Waals surface area contributed by atoms with Gasteiger partial charge in [0.05, 0.1) is 0 Å². The van der Waals surface area contributed by atoms with E-state index in [1.165, 1.54) is 37.3 Å². The molecule has 0 aliphatic carbocycles. The van der Waals surface area contributed by atoms with Gasteiger partial charge in [-0.25, -0.2) is 0 Å². The molecule has 1 aliphatic rings. The molecule has 0 aromatic heterocycles. The molecular weight excluding hydrogens is 244 g/mol. The molecular formula is C18H36N2. The van der Waals surface area contributed by atoms with E-state index in [1.807, 2.05) is 13.8 Å². The average Bonchev–Trinajstić information content (AvgIpc) is 2.45. The zero-order chi connectivity index (χ0) is 15.5. The number of allylic oxidation sites excluding steroid dienone is 1. The molecule has 0 aromatic carbocycles. The second-order valence-electron chi connectivity index (χ2n) is 6.03. The summed E-state index contributed by atoms with van der Waals surface area (Å²) in [6, 6.07) is 0. The van der Waals surface area contributed by atoms with Crippen LogP contribution in [0.1, 0.15) is 53.9 Å². The molecule has 0 spiro atoms. The van der Waals surface area contributed by atoms with E-state index in [0.717, 1.165) is 31.8 Å². The summed E-state index contributed by atoms with van der Waals surface area (Å²) in [6.45, 7) is 24.7. The van der Waals surface area contributed by atoms with Gasteiger partial charge in [0, 0.05) is 38.4 Å². The Balaban J connectivity index is 0.00000172. The minimum atomic E-state index is 0.776. The highest BCUT2D eigenvalue weighted by Gasteiger charge is 2.17. The highest BCUT2D eigenvalue weighted by Crippen LogP contribution is 2.16. The predicted molar refractivity (Wildman–Crippen MR) is 92.0 cm³/mol. The van der Waals surface area contributed by atoms with Crippen molar-refractivity contribution in [2.45, 2.75) is 53.9 Å². The maximum absolute atomic E-state index is 4.24. The van der Waals surface area contributed by atoms with Crippen molar-refractivity contribution in [2.24, 2.45) is 5.92 Å². The SMILES string of the molecule is C=C(C)CCN1CCN(C(=C)CCC(C)C)CC1.CC. The Morgan fingerprint density at radius 2 is 1.55 bits per heavy atom. The Bertz CT molecular complexity index is 273. The highest BCUT2D eigenvalue weighted by molar-refractivity contribution is 4.97. The van der Waals surface area contributed by atoms with E-state index >= 15 is 0 Å². The van der Waals surface area contributed by atoms with Gasteiger partial charge in [-0.15, -0.1) is 6.58 Å². The number of hydrogen-bond acceptors (Lipinski definition) is 2. The third kappa shape index (κ3) is 8.42. The summed E-state index contributed by atoms with van der Waals surface area (Å²) in [4.78, 5) is 5.01. The second-order valence-corrected chi connectivity index (χ2v) is 6.03. The molecule has 118 valence electrons. The highest BCUT2D eigenvalue weighted by atomic mass is 15.3. The Morgan fingerprint density at radius 3 is 2.00 bits per heavy atom. The normalized spacial score (nSPS) is 15.8. The van der Waals surface area contributed by atoms with E-state index in [9.17, 15) is 0 Å². The van der Waals surface area contributed by atoms with Gasteiger partial charge in [-0.1, -0.05) is 39.8 Å². The maximum Gasteiger partial charge on any atom is 0.0303 e. The molecule has 1 rings (SSSR count). The van der Waals surface area contributed by atoms with Gasteiger partial charge >= 0.3 is 0 Å². The van der Waals surface area contributed by atoms with E-state index in [-0.39, 0.29) is 0 Å². The Kier molecular flexibility index (Phi) is 10.5. The van der Waals surface area contributed by atoms with Crippen molar-refractivity contribution < 1.29 is 0 Å². The molecule has 20 heavy (non-hydrogen) atoms. The molecule has 1 fully saturated rings. The van der Waals surface area contributed by atoms with Crippen molar-refractivity contribution in [2.75, 3.05) is 32.7 Å². The van der Waals surface area contributed by atoms with Crippen molar-refractivity contribution in [3.05, 3.63) is 24.4 Å². The van der Waals surface area contributed by atoms with E-state index in [0.29, 0.717) is 0 Å². The van der Waals surface area contributed by atoms with Crippen LogP contribution in [0.25, 0.3) is 0 Å². The van der Waals surface area contributed by atoms with Gasteiger partial charge in [0.15, 0.2) is 0 Å². The van der Waals surface area contributed by atoms with E-state index < -0.39 is 0 Å². The van der Waals surface area contributed by atoms with Gasteiger partial charge in [-0.3, -0.25) is 4.90 Å². The van der Waals surface area contributed by atoms with Gasteiger partial charge < -0.3 is 4.90 Å². The van der Waals surface area contributed by atoms with Gasteiger partial charge in [0.1, 0.15) is 0 Å². The molecule has 2 heteroatoms. The topological polar surface area (TPSA) is 6.48 Å². The van der Waals surface area contributed by atoms with E-state index in [4.69, 9.17) is 0 Å². The fourth-order valence-electron chi connectivity index (χ4n) is 2.25. The maximum atomic E-state index is 4.24. The van der Waals surface area contributed by atoms with Crippen LogP contribution < -0.4 is 0 Å². The molecule has 0 atom stereocenters. The lowest BCUT2D eigenvalue weighted by Crippen LogP contribution is -2.45. The molecule has 1 aliphatic heterocycles. The zero-order valence-corrected chi connectivity index (χ0v) is 14.5. The number of hydrogen-bond donors (Lipinski definition) is 0. The molecule has 1 heterocycles. The van der Waals surface area contributed by atoms with Crippen molar-refractivity contribution in [1.29, 1.82) is 0 Å². The van der Waals surface area contributed by atoms with Crippen LogP contribution in [-0.2, 0) is 0 Å². The van der Waals surface area contributed by atoms with E-state index in [2.05, 4.69) is 43.7 Å². The minimum absolute atomic E-state index is 0.776. The van der Waals surface area contributed by atoms with Gasteiger partial charge in [-0.05, 0) is 32.1 Å². The summed E-state index contributed by atoms with van der Waals surface area (Å²) in [5.74, 6) is 0.776. The first kappa shape index (κ1) is 19.2. The second kappa shape index (κ2) is 11.0. The first-order chi connectivity index (χ1) is 9.49. The van der Waals surface area contributed by atoms with Crippen molar-refractivity contribution in [3.8, 4) is 0 Å². The third-order valence-electron chi connectivity index (χ3n) is 3.68. The number of rotatable bonds is 7. The summed E-state index contributed by atoms with van der Waals surface area (Å²) in [5, 5.41) is 0. The zero-order valence-electron chi connectivity index (χ0n) is 14.5. The van der Waals surface area contributed by atoms with E-state index in [1.54, 1.807) is 0 Å². The van der Waals surface area contributed by atoms with Crippen LogP contribution in [0.5, 0.6) is 0 Å². The monoisotopic (exact) mass is 280 g/mol. The lowest BCUT2D eigenvalue weighted by molar-refractivity contribution is 0.156. The molecule has 2 nitrogen and oxygen atoms in total. The molecule has 0 amide bonds. The summed E-state index contributed by atoms with van der Waals surface area (Å²) in [6.07, 6.45) is 3.55. The van der Waals surface area contributed by atoms with Crippen LogP contribution in [0.3, 0.4) is 0 Å². The lowest BCUT2D eigenvalue weighted by atomic mass is 10.1. The molecule has 0 N–H and O–H groups in total. The number of piperazine rings is 1. The first-order valence-corrected chi connectivity index (χ1v) is 8.28. The summed E-state index contributed by atoms with van der Waals surface area (Å²) in [5.41, 5.74) is 2.63. The van der Waals surface area contributed by atoms with Crippen molar-refractivity contribution in [3.63, 3.8) is 0 Å². The number of nitrogens with zero attached hydrogens (tertiary/aromatic N) is 2. The minimum Gasteiger partial charge on any atom is -0.373 e. The Morgan fingerprint density at radius 1 is 1.00 bits per heavy atom. The van der Waals surface area contributed by atoms with Crippen LogP contribution in [0, 0.1) is 5.92 Å². The standard InChI is InChI=1S/C16H30N2.C2H6/c1-14(2)6-7-16(5)18-12-10-17(11-13-18)9-8-15(3)4;1-2/h14H,3,5-13H2,1-2,4H3;1-2H3. The van der Waals surface area contributed by atoms with Crippen molar-refractivity contribution in [1.82, 2.24) is 9.80 Å². The van der Waals surface area contributed by atoms with Crippen LogP contribution in [0.4, 0.5) is 0 Å². The average molecular weight is 280 g/mol. The van der Waals surface area contributed by atoms with Crippen LogP contribution in [-0.4, -0.2) is 42.5 Å². The van der Waals surface area contributed by atoms with Gasteiger partial charge in [0.25, 0.3) is 0 Å². The van der Waals surface area contributed by atoms with Crippen LogP contribution in [0.15, 0.2) is 24.4 Å². The fourth-order valence-corrected chi connectivity index (χ4v) is 2.25. The Labute approximate surface area is 127 Å². The van der Waals surface area contributed by atoms with Crippen molar-refractivity contribution >= 4 is 0 Å². The first-order valence-electron chi connectivity index (χ1n) is 8.28. The largest absolute Gasteiger partial charge is 0.373 e. The molecule has 0 unspecified atom stereocenters. The quantitative estimate of drug-likeness (QED) is 0.631. The Hall–Kier alpha value is -0.760. The van der Waals surface area contributed by atoms with Crippen LogP contribution >= 0.6 is 0 Å². The molecule has 1 saturated heterocycles. The van der Waals surface area contributed by atoms with Crippen LogP contribution in [0.2, 0.25) is 0 Å². The summed E-state index contributed by atoms with van der Waals surface area (Å²) >= 11 is 0. The fraction of sp³-hybridized carbons (Fsp3) is 0.778. The summed E-state index contributed by atoms with van der Waals surface area (Å²) < 4.78 is 0. The third-order valence-corrected chi connectivity index (χ3v) is 3.68. The molecule has 0 radical (unpaired) electrons. The van der Waals surface area contributed by atoms with Gasteiger partial charge in [-0.2, -0.15) is 0 Å².